The molecule has 6 heteroatoms. The molecule has 136 valence electrons. The topological polar surface area (TPSA) is 67.7 Å². The molecule has 3 rings (SSSR count). The normalized spacial score (nSPS) is 14.7. The molecule has 0 bridgehead atoms. The molecule has 1 aliphatic carbocycles. The van der Waals surface area contributed by atoms with Crippen molar-refractivity contribution in [3.63, 3.8) is 0 Å². The summed E-state index contributed by atoms with van der Waals surface area (Å²) in [6.07, 6.45) is 8.22. The largest absolute Gasteiger partial charge is 0.493 e. The number of fused-ring (bicyclic) bond motifs is 1. The monoisotopic (exact) mass is 345 g/mol. The van der Waals surface area contributed by atoms with Gasteiger partial charge in [-0.3, -0.25) is 0 Å². The van der Waals surface area contributed by atoms with Crippen LogP contribution in [-0.2, 0) is 0 Å². The molecule has 0 atom stereocenters. The van der Waals surface area contributed by atoms with E-state index in [9.17, 15) is 5.11 Å². The Bertz CT molecular complexity index is 676. The van der Waals surface area contributed by atoms with Gasteiger partial charge in [-0.15, -0.1) is 0 Å². The van der Waals surface area contributed by atoms with E-state index in [1.807, 2.05) is 12.1 Å². The van der Waals surface area contributed by atoms with Crippen molar-refractivity contribution in [2.75, 3.05) is 40.0 Å². The van der Waals surface area contributed by atoms with E-state index in [1.165, 1.54) is 25.6 Å². The molecule has 0 spiro atoms. The van der Waals surface area contributed by atoms with Crippen molar-refractivity contribution >= 4 is 10.9 Å². The Morgan fingerprint density at radius 3 is 2.84 bits per heavy atom. The zero-order chi connectivity index (χ0) is 17.5. The molecule has 0 saturated heterocycles. The predicted molar refractivity (Wildman–Crippen MR) is 97.1 cm³/mol. The van der Waals surface area contributed by atoms with Crippen LogP contribution in [0.2, 0.25) is 0 Å². The van der Waals surface area contributed by atoms with Gasteiger partial charge in [-0.1, -0.05) is 6.42 Å². The van der Waals surface area contributed by atoms with Crippen molar-refractivity contribution in [2.45, 2.75) is 25.7 Å². The van der Waals surface area contributed by atoms with Gasteiger partial charge < -0.3 is 19.5 Å². The molecular weight excluding hydrogens is 318 g/mol. The van der Waals surface area contributed by atoms with Crippen LogP contribution in [0, 0.1) is 5.92 Å². The lowest BCUT2D eigenvalue weighted by molar-refractivity contribution is 0.138. The third-order valence-electron chi connectivity index (χ3n) is 4.82. The maximum absolute atomic E-state index is 9.24. The second-order valence-corrected chi connectivity index (χ2v) is 6.61. The SMILES string of the molecule is COc1cc2cncnc2cc1OCCCN(CCO)CC1CCC1. The third kappa shape index (κ3) is 4.80. The Hall–Kier alpha value is -1.92. The molecule has 1 N–H and O–H groups in total. The molecule has 1 aromatic carbocycles. The number of hydrogen-bond donors (Lipinski definition) is 1. The Morgan fingerprint density at radius 2 is 2.12 bits per heavy atom. The van der Waals surface area contributed by atoms with Gasteiger partial charge in [0.25, 0.3) is 0 Å². The molecule has 1 aromatic heterocycles. The van der Waals surface area contributed by atoms with E-state index in [4.69, 9.17) is 9.47 Å². The highest BCUT2D eigenvalue weighted by Gasteiger charge is 2.20. The second kappa shape index (κ2) is 8.97. The molecule has 1 aliphatic rings. The molecule has 1 fully saturated rings. The van der Waals surface area contributed by atoms with Gasteiger partial charge in [0, 0.05) is 37.3 Å². The van der Waals surface area contributed by atoms with E-state index in [0.717, 1.165) is 42.9 Å². The third-order valence-corrected chi connectivity index (χ3v) is 4.82. The minimum Gasteiger partial charge on any atom is -0.493 e. The first kappa shape index (κ1) is 17.9. The fraction of sp³-hybridized carbons (Fsp3) is 0.579. The second-order valence-electron chi connectivity index (χ2n) is 6.61. The van der Waals surface area contributed by atoms with E-state index in [-0.39, 0.29) is 6.61 Å². The van der Waals surface area contributed by atoms with Crippen molar-refractivity contribution in [2.24, 2.45) is 5.92 Å². The number of aliphatic hydroxyl groups is 1. The summed E-state index contributed by atoms with van der Waals surface area (Å²) in [5.74, 6) is 2.22. The van der Waals surface area contributed by atoms with Gasteiger partial charge in [0.1, 0.15) is 6.33 Å². The molecule has 0 aliphatic heterocycles. The Balaban J connectivity index is 1.52. The predicted octanol–water partition coefficient (Wildman–Crippen LogP) is 2.50. The van der Waals surface area contributed by atoms with Crippen LogP contribution in [0.3, 0.4) is 0 Å². The average Bonchev–Trinajstić information content (AvgIpc) is 2.60. The summed E-state index contributed by atoms with van der Waals surface area (Å²) in [4.78, 5) is 10.6. The number of ether oxygens (including phenoxy) is 2. The number of aromatic nitrogens is 2. The first-order valence-electron chi connectivity index (χ1n) is 9.04. The first-order valence-corrected chi connectivity index (χ1v) is 9.04. The summed E-state index contributed by atoms with van der Waals surface area (Å²) in [6, 6.07) is 3.80. The van der Waals surface area contributed by atoms with E-state index in [2.05, 4.69) is 14.9 Å². The van der Waals surface area contributed by atoms with Crippen LogP contribution >= 0.6 is 0 Å². The summed E-state index contributed by atoms with van der Waals surface area (Å²) in [6.45, 7) is 3.60. The molecule has 2 aromatic rings. The van der Waals surface area contributed by atoms with Crippen LogP contribution < -0.4 is 9.47 Å². The summed E-state index contributed by atoms with van der Waals surface area (Å²) in [7, 11) is 1.64. The number of rotatable bonds is 10. The van der Waals surface area contributed by atoms with Crippen molar-refractivity contribution in [1.29, 1.82) is 0 Å². The smallest absolute Gasteiger partial charge is 0.163 e. The van der Waals surface area contributed by atoms with Gasteiger partial charge in [0.2, 0.25) is 0 Å². The number of aliphatic hydroxyl groups excluding tert-OH is 1. The number of nitrogens with zero attached hydrogens (tertiary/aromatic N) is 3. The fourth-order valence-corrected chi connectivity index (χ4v) is 3.21. The highest BCUT2D eigenvalue weighted by Crippen LogP contribution is 2.31. The fourth-order valence-electron chi connectivity index (χ4n) is 3.21. The lowest BCUT2D eigenvalue weighted by Gasteiger charge is -2.32. The molecule has 6 nitrogen and oxygen atoms in total. The molecule has 1 heterocycles. The molecule has 0 radical (unpaired) electrons. The molecule has 0 amide bonds. The zero-order valence-electron chi connectivity index (χ0n) is 14.9. The standard InChI is InChI=1S/C19H27N3O3/c1-24-18-10-16-12-20-14-21-17(16)11-19(18)25-9-3-6-22(7-8-23)13-15-4-2-5-15/h10-12,14-15,23H,2-9,13H2,1H3. The number of benzene rings is 1. The quantitative estimate of drug-likeness (QED) is 0.667. The average molecular weight is 345 g/mol. The van der Waals surface area contributed by atoms with Crippen LogP contribution in [0.4, 0.5) is 0 Å². The summed E-state index contributed by atoms with van der Waals surface area (Å²) in [5, 5.41) is 10.2. The number of hydrogen-bond acceptors (Lipinski definition) is 6. The van der Waals surface area contributed by atoms with Crippen LogP contribution in [0.1, 0.15) is 25.7 Å². The van der Waals surface area contributed by atoms with Gasteiger partial charge in [-0.25, -0.2) is 9.97 Å². The minimum atomic E-state index is 0.214. The summed E-state index contributed by atoms with van der Waals surface area (Å²) < 4.78 is 11.4. The summed E-state index contributed by atoms with van der Waals surface area (Å²) >= 11 is 0. The summed E-state index contributed by atoms with van der Waals surface area (Å²) in [5.41, 5.74) is 0.845. The number of methoxy groups -OCH3 is 1. The molecule has 0 unspecified atom stereocenters. The van der Waals surface area contributed by atoms with Gasteiger partial charge in [0.05, 0.1) is 25.8 Å². The minimum absolute atomic E-state index is 0.214. The van der Waals surface area contributed by atoms with Crippen molar-refractivity contribution < 1.29 is 14.6 Å². The zero-order valence-corrected chi connectivity index (χ0v) is 14.9. The van der Waals surface area contributed by atoms with E-state index >= 15 is 0 Å². The van der Waals surface area contributed by atoms with Gasteiger partial charge in [0.15, 0.2) is 11.5 Å². The van der Waals surface area contributed by atoms with E-state index < -0.39 is 0 Å². The van der Waals surface area contributed by atoms with Gasteiger partial charge in [-0.05, 0) is 31.2 Å². The van der Waals surface area contributed by atoms with Crippen LogP contribution in [0.25, 0.3) is 10.9 Å². The van der Waals surface area contributed by atoms with Crippen molar-refractivity contribution in [3.05, 3.63) is 24.7 Å². The van der Waals surface area contributed by atoms with Gasteiger partial charge in [-0.2, -0.15) is 0 Å². The highest BCUT2D eigenvalue weighted by atomic mass is 16.5. The van der Waals surface area contributed by atoms with E-state index in [1.54, 1.807) is 13.3 Å². The van der Waals surface area contributed by atoms with Crippen LogP contribution in [-0.4, -0.2) is 59.9 Å². The van der Waals surface area contributed by atoms with Gasteiger partial charge >= 0.3 is 0 Å². The molecule has 25 heavy (non-hydrogen) atoms. The maximum atomic E-state index is 9.24. The first-order chi connectivity index (χ1) is 12.3. The van der Waals surface area contributed by atoms with Crippen molar-refractivity contribution in [3.8, 4) is 11.5 Å². The Morgan fingerprint density at radius 1 is 1.24 bits per heavy atom. The van der Waals surface area contributed by atoms with Crippen LogP contribution in [0.15, 0.2) is 24.7 Å². The lowest BCUT2D eigenvalue weighted by atomic mass is 9.85. The van der Waals surface area contributed by atoms with Crippen molar-refractivity contribution in [1.82, 2.24) is 14.9 Å². The molecular formula is C19H27N3O3. The Kier molecular flexibility index (Phi) is 6.42. The lowest BCUT2D eigenvalue weighted by Crippen LogP contribution is -2.35. The molecule has 1 saturated carbocycles. The van der Waals surface area contributed by atoms with Crippen LogP contribution in [0.5, 0.6) is 11.5 Å². The maximum Gasteiger partial charge on any atom is 0.163 e. The Labute approximate surface area is 148 Å². The van der Waals surface area contributed by atoms with E-state index in [0.29, 0.717) is 18.1 Å². The highest BCUT2D eigenvalue weighted by molar-refractivity contribution is 5.81.